The maximum absolute atomic E-state index is 13.0. The second-order valence-electron chi connectivity index (χ2n) is 7.42. The van der Waals surface area contributed by atoms with Gasteiger partial charge in [-0.3, -0.25) is 4.68 Å². The van der Waals surface area contributed by atoms with Gasteiger partial charge in [0.05, 0.1) is 17.8 Å². The SMILES string of the molecule is CC(C)(Cn1ccc(-c2ccc(F)cc2)n1)NC(=O)OC(C)(C)C. The standard InChI is InChI=1S/C18H24FN3O2/c1-17(2,3)24-16(23)20-18(4,5)12-22-11-10-15(21-22)13-6-8-14(19)9-7-13/h6-11H,12H2,1-5H3,(H,20,23). The summed E-state index contributed by atoms with van der Waals surface area (Å²) in [4.78, 5) is 11.9. The van der Waals surface area contributed by atoms with E-state index < -0.39 is 17.2 Å². The molecule has 0 bridgehead atoms. The highest BCUT2D eigenvalue weighted by atomic mass is 19.1. The molecule has 0 aliphatic heterocycles. The largest absolute Gasteiger partial charge is 0.444 e. The van der Waals surface area contributed by atoms with E-state index >= 15 is 0 Å². The minimum Gasteiger partial charge on any atom is -0.444 e. The van der Waals surface area contributed by atoms with Crippen LogP contribution in [0.4, 0.5) is 9.18 Å². The van der Waals surface area contributed by atoms with Gasteiger partial charge in [-0.2, -0.15) is 5.10 Å². The molecule has 1 N–H and O–H groups in total. The first-order chi connectivity index (χ1) is 11.0. The zero-order valence-corrected chi connectivity index (χ0v) is 14.8. The Hall–Kier alpha value is -2.37. The van der Waals surface area contributed by atoms with Crippen molar-refractivity contribution in [3.8, 4) is 11.3 Å². The number of hydrogen-bond acceptors (Lipinski definition) is 3. The van der Waals surface area contributed by atoms with E-state index in [9.17, 15) is 9.18 Å². The van der Waals surface area contributed by atoms with Gasteiger partial charge >= 0.3 is 6.09 Å². The highest BCUT2D eigenvalue weighted by Gasteiger charge is 2.25. The molecule has 1 amide bonds. The summed E-state index contributed by atoms with van der Waals surface area (Å²) < 4.78 is 20.0. The Morgan fingerprint density at radius 1 is 1.17 bits per heavy atom. The second kappa shape index (κ2) is 6.63. The van der Waals surface area contributed by atoms with Crippen molar-refractivity contribution in [3.05, 3.63) is 42.3 Å². The number of aromatic nitrogens is 2. The van der Waals surface area contributed by atoms with Crippen LogP contribution >= 0.6 is 0 Å². The summed E-state index contributed by atoms with van der Waals surface area (Å²) in [5.41, 5.74) is 0.520. The smallest absolute Gasteiger partial charge is 0.408 e. The van der Waals surface area contributed by atoms with Crippen molar-refractivity contribution in [2.75, 3.05) is 0 Å². The fourth-order valence-electron chi connectivity index (χ4n) is 2.25. The molecule has 130 valence electrons. The Kier molecular flexibility index (Phi) is 4.96. The van der Waals surface area contributed by atoms with Gasteiger partial charge in [0.15, 0.2) is 0 Å². The molecule has 1 heterocycles. The van der Waals surface area contributed by atoms with E-state index in [0.717, 1.165) is 11.3 Å². The molecule has 0 spiro atoms. The number of carbonyl (C=O) groups is 1. The molecule has 0 atom stereocenters. The van der Waals surface area contributed by atoms with Crippen LogP contribution in [-0.2, 0) is 11.3 Å². The number of amides is 1. The highest BCUT2D eigenvalue weighted by Crippen LogP contribution is 2.18. The Morgan fingerprint density at radius 3 is 2.38 bits per heavy atom. The van der Waals surface area contributed by atoms with E-state index in [2.05, 4.69) is 10.4 Å². The van der Waals surface area contributed by atoms with E-state index in [1.165, 1.54) is 12.1 Å². The molecule has 6 heteroatoms. The molecule has 24 heavy (non-hydrogen) atoms. The average Bonchev–Trinajstić information content (AvgIpc) is 2.83. The molecule has 0 aliphatic carbocycles. The normalized spacial score (nSPS) is 12.1. The van der Waals surface area contributed by atoms with E-state index in [4.69, 9.17) is 4.74 Å². The summed E-state index contributed by atoms with van der Waals surface area (Å²) in [5.74, 6) is -0.277. The zero-order valence-electron chi connectivity index (χ0n) is 14.8. The van der Waals surface area contributed by atoms with Gasteiger partial charge in [0.2, 0.25) is 0 Å². The minimum atomic E-state index is -0.540. The molecule has 1 aromatic heterocycles. The third kappa shape index (κ3) is 5.37. The molecule has 1 aromatic carbocycles. The molecule has 0 radical (unpaired) electrons. The lowest BCUT2D eigenvalue weighted by molar-refractivity contribution is 0.0462. The number of carbonyl (C=O) groups excluding carboxylic acids is 1. The van der Waals surface area contributed by atoms with Gasteiger partial charge in [-0.15, -0.1) is 0 Å². The van der Waals surface area contributed by atoms with Gasteiger partial charge in [0, 0.05) is 11.8 Å². The van der Waals surface area contributed by atoms with Gasteiger partial charge in [0.1, 0.15) is 11.4 Å². The maximum Gasteiger partial charge on any atom is 0.408 e. The Bertz CT molecular complexity index is 700. The van der Waals surface area contributed by atoms with Crippen LogP contribution in [0.5, 0.6) is 0 Å². The summed E-state index contributed by atoms with van der Waals surface area (Å²) in [6.07, 6.45) is 1.37. The Labute approximate surface area is 141 Å². The number of halogens is 1. The van der Waals surface area contributed by atoms with Gasteiger partial charge < -0.3 is 10.1 Å². The summed E-state index contributed by atoms with van der Waals surface area (Å²) in [7, 11) is 0. The summed E-state index contributed by atoms with van der Waals surface area (Å²) >= 11 is 0. The van der Waals surface area contributed by atoms with Crippen LogP contribution in [0.2, 0.25) is 0 Å². The van der Waals surface area contributed by atoms with E-state index in [0.29, 0.717) is 6.54 Å². The number of hydrogen-bond donors (Lipinski definition) is 1. The summed E-state index contributed by atoms with van der Waals surface area (Å²) in [6.45, 7) is 9.74. The molecule has 0 saturated heterocycles. The number of benzene rings is 1. The van der Waals surface area contributed by atoms with Crippen molar-refractivity contribution >= 4 is 6.09 Å². The number of nitrogens with one attached hydrogen (secondary N) is 1. The highest BCUT2D eigenvalue weighted by molar-refractivity contribution is 5.68. The molecule has 0 unspecified atom stereocenters. The topological polar surface area (TPSA) is 56.2 Å². The third-order valence-corrected chi connectivity index (χ3v) is 3.18. The lowest BCUT2D eigenvalue weighted by atomic mass is 10.1. The van der Waals surface area contributed by atoms with Crippen LogP contribution in [0.3, 0.4) is 0 Å². The average molecular weight is 333 g/mol. The minimum absolute atomic E-state index is 0.277. The zero-order chi connectivity index (χ0) is 18.0. The molecule has 2 aromatic rings. The van der Waals surface area contributed by atoms with Crippen molar-refractivity contribution in [2.45, 2.75) is 52.3 Å². The van der Waals surface area contributed by atoms with Crippen LogP contribution in [0.1, 0.15) is 34.6 Å². The summed E-state index contributed by atoms with van der Waals surface area (Å²) in [6, 6.07) is 8.04. The van der Waals surface area contributed by atoms with Crippen molar-refractivity contribution in [1.82, 2.24) is 15.1 Å². The Morgan fingerprint density at radius 2 is 1.79 bits per heavy atom. The van der Waals surface area contributed by atoms with Crippen LogP contribution in [0.15, 0.2) is 36.5 Å². The molecule has 5 nitrogen and oxygen atoms in total. The van der Waals surface area contributed by atoms with Gasteiger partial charge in [-0.05, 0) is 65.0 Å². The predicted molar refractivity (Wildman–Crippen MR) is 91.1 cm³/mol. The van der Waals surface area contributed by atoms with Crippen molar-refractivity contribution in [1.29, 1.82) is 0 Å². The van der Waals surface area contributed by atoms with Crippen molar-refractivity contribution in [2.24, 2.45) is 0 Å². The number of ether oxygens (including phenoxy) is 1. The van der Waals surface area contributed by atoms with Crippen LogP contribution < -0.4 is 5.32 Å². The molecule has 2 rings (SSSR count). The first-order valence-electron chi connectivity index (χ1n) is 7.85. The number of alkyl carbamates (subject to hydrolysis) is 1. The maximum atomic E-state index is 13.0. The number of nitrogens with zero attached hydrogens (tertiary/aromatic N) is 2. The first kappa shape index (κ1) is 18.0. The molecule has 0 aliphatic rings. The van der Waals surface area contributed by atoms with Gasteiger partial charge in [0.25, 0.3) is 0 Å². The van der Waals surface area contributed by atoms with Crippen LogP contribution in [0, 0.1) is 5.82 Å². The lowest BCUT2D eigenvalue weighted by Crippen LogP contribution is -2.48. The third-order valence-electron chi connectivity index (χ3n) is 3.18. The van der Waals surface area contributed by atoms with E-state index in [-0.39, 0.29) is 5.82 Å². The van der Waals surface area contributed by atoms with Crippen molar-refractivity contribution in [3.63, 3.8) is 0 Å². The van der Waals surface area contributed by atoms with E-state index in [1.54, 1.807) is 16.8 Å². The fraction of sp³-hybridized carbons (Fsp3) is 0.444. The van der Waals surface area contributed by atoms with E-state index in [1.807, 2.05) is 46.9 Å². The van der Waals surface area contributed by atoms with Crippen LogP contribution in [-0.4, -0.2) is 27.0 Å². The van der Waals surface area contributed by atoms with Crippen molar-refractivity contribution < 1.29 is 13.9 Å². The summed E-state index contributed by atoms with van der Waals surface area (Å²) in [5, 5.41) is 7.33. The predicted octanol–water partition coefficient (Wildman–Crippen LogP) is 3.99. The number of rotatable bonds is 4. The van der Waals surface area contributed by atoms with Gasteiger partial charge in [-0.25, -0.2) is 9.18 Å². The Balaban J connectivity index is 2.02. The quantitative estimate of drug-likeness (QED) is 0.920. The fourth-order valence-corrected chi connectivity index (χ4v) is 2.25. The second-order valence-corrected chi connectivity index (χ2v) is 7.42. The molecular formula is C18H24FN3O2. The molecule has 0 saturated carbocycles. The molecule has 0 fully saturated rings. The lowest BCUT2D eigenvalue weighted by Gasteiger charge is -2.28. The first-order valence-corrected chi connectivity index (χ1v) is 7.85. The monoisotopic (exact) mass is 333 g/mol. The van der Waals surface area contributed by atoms with Crippen LogP contribution in [0.25, 0.3) is 11.3 Å². The van der Waals surface area contributed by atoms with Gasteiger partial charge in [-0.1, -0.05) is 0 Å². The molecular weight excluding hydrogens is 309 g/mol.